The van der Waals surface area contributed by atoms with Crippen molar-refractivity contribution in [3.05, 3.63) is 99.3 Å². The number of ether oxygens (including phenoxy) is 1. The summed E-state index contributed by atoms with van der Waals surface area (Å²) in [7, 11) is 0. The van der Waals surface area contributed by atoms with E-state index < -0.39 is 0 Å². The lowest BCUT2D eigenvalue weighted by atomic mass is 10.0. The summed E-state index contributed by atoms with van der Waals surface area (Å²) in [6, 6.07) is 20.7. The standard InChI is InChI=1S/C22H14Cl2FNO/c23-18-8-9-20(21(24)12-18)17(13-26)11-16-5-1-2-7-22(16)27-14-15-4-3-6-19(25)10-15/h1-12H,14H2/b17-11+. The molecule has 0 aliphatic rings. The summed E-state index contributed by atoms with van der Waals surface area (Å²) in [4.78, 5) is 0. The maximum Gasteiger partial charge on any atom is 0.127 e. The van der Waals surface area contributed by atoms with E-state index in [1.165, 1.54) is 12.1 Å². The molecule has 27 heavy (non-hydrogen) atoms. The Balaban J connectivity index is 1.90. The highest BCUT2D eigenvalue weighted by atomic mass is 35.5. The van der Waals surface area contributed by atoms with Crippen molar-refractivity contribution in [2.24, 2.45) is 0 Å². The van der Waals surface area contributed by atoms with Gasteiger partial charge in [0.05, 0.1) is 16.7 Å². The van der Waals surface area contributed by atoms with Gasteiger partial charge in [0.1, 0.15) is 18.2 Å². The lowest BCUT2D eigenvalue weighted by molar-refractivity contribution is 0.305. The molecule has 0 amide bonds. The molecule has 134 valence electrons. The number of nitriles is 1. The Morgan fingerprint density at radius 1 is 1.04 bits per heavy atom. The summed E-state index contributed by atoms with van der Waals surface area (Å²) in [5.41, 5.74) is 2.41. The van der Waals surface area contributed by atoms with Crippen LogP contribution in [0.1, 0.15) is 16.7 Å². The fourth-order valence-corrected chi connectivity index (χ4v) is 3.06. The van der Waals surface area contributed by atoms with Crippen LogP contribution in [0.25, 0.3) is 11.6 Å². The maximum absolute atomic E-state index is 13.3. The minimum atomic E-state index is -0.312. The quantitative estimate of drug-likeness (QED) is 0.351. The molecule has 0 saturated heterocycles. The van der Waals surface area contributed by atoms with Crippen LogP contribution in [-0.2, 0) is 6.61 Å². The van der Waals surface area contributed by atoms with E-state index in [9.17, 15) is 9.65 Å². The SMILES string of the molecule is N#C/C(=C\c1ccccc1OCc1cccc(F)c1)c1ccc(Cl)cc1Cl. The first kappa shape index (κ1) is 19.0. The molecular weight excluding hydrogens is 384 g/mol. The van der Waals surface area contributed by atoms with Crippen molar-refractivity contribution in [2.45, 2.75) is 6.61 Å². The Bertz CT molecular complexity index is 1040. The van der Waals surface area contributed by atoms with Gasteiger partial charge < -0.3 is 4.74 Å². The molecule has 0 atom stereocenters. The number of allylic oxidation sites excluding steroid dienone is 1. The van der Waals surface area contributed by atoms with Gasteiger partial charge in [-0.1, -0.05) is 59.6 Å². The number of hydrogen-bond donors (Lipinski definition) is 0. The smallest absolute Gasteiger partial charge is 0.127 e. The topological polar surface area (TPSA) is 33.0 Å². The van der Waals surface area contributed by atoms with Crippen LogP contribution >= 0.6 is 23.2 Å². The monoisotopic (exact) mass is 397 g/mol. The average Bonchev–Trinajstić information content (AvgIpc) is 2.66. The van der Waals surface area contributed by atoms with Gasteiger partial charge in [0, 0.05) is 16.1 Å². The second-order valence-electron chi connectivity index (χ2n) is 5.75. The molecule has 0 aromatic heterocycles. The van der Waals surface area contributed by atoms with Crippen LogP contribution in [0.3, 0.4) is 0 Å². The van der Waals surface area contributed by atoms with Crippen molar-refractivity contribution in [1.29, 1.82) is 5.26 Å². The summed E-state index contributed by atoms with van der Waals surface area (Å²) in [5, 5.41) is 10.5. The van der Waals surface area contributed by atoms with E-state index in [1.807, 2.05) is 18.2 Å². The van der Waals surface area contributed by atoms with Crippen LogP contribution in [-0.4, -0.2) is 0 Å². The fourth-order valence-electron chi connectivity index (χ4n) is 2.55. The highest BCUT2D eigenvalue weighted by molar-refractivity contribution is 6.36. The van der Waals surface area contributed by atoms with Crippen LogP contribution in [0.2, 0.25) is 10.0 Å². The number of halogens is 3. The highest BCUT2D eigenvalue weighted by Crippen LogP contribution is 2.30. The van der Waals surface area contributed by atoms with Crippen molar-refractivity contribution in [3.8, 4) is 11.8 Å². The Morgan fingerprint density at radius 2 is 1.85 bits per heavy atom. The van der Waals surface area contributed by atoms with E-state index in [0.717, 1.165) is 11.1 Å². The Hall–Kier alpha value is -2.80. The third-order valence-corrected chi connectivity index (χ3v) is 4.39. The molecule has 0 fully saturated rings. The molecule has 0 heterocycles. The molecule has 0 unspecified atom stereocenters. The zero-order valence-electron chi connectivity index (χ0n) is 14.1. The fraction of sp³-hybridized carbons (Fsp3) is 0.0455. The van der Waals surface area contributed by atoms with Crippen LogP contribution < -0.4 is 4.74 Å². The van der Waals surface area contributed by atoms with Gasteiger partial charge in [0.15, 0.2) is 0 Å². The molecular formula is C22H14Cl2FNO. The summed E-state index contributed by atoms with van der Waals surface area (Å²) < 4.78 is 19.2. The third kappa shape index (κ3) is 4.89. The molecule has 5 heteroatoms. The van der Waals surface area contributed by atoms with E-state index in [2.05, 4.69) is 6.07 Å². The Morgan fingerprint density at radius 3 is 2.59 bits per heavy atom. The first-order valence-corrected chi connectivity index (χ1v) is 8.86. The molecule has 3 aromatic rings. The summed E-state index contributed by atoms with van der Waals surface area (Å²) >= 11 is 12.1. The summed E-state index contributed by atoms with van der Waals surface area (Å²) in [6.07, 6.45) is 1.70. The lowest BCUT2D eigenvalue weighted by Crippen LogP contribution is -1.97. The van der Waals surface area contributed by atoms with Gasteiger partial charge in [0.2, 0.25) is 0 Å². The van der Waals surface area contributed by atoms with Gasteiger partial charge >= 0.3 is 0 Å². The van der Waals surface area contributed by atoms with Crippen molar-refractivity contribution in [2.75, 3.05) is 0 Å². The largest absolute Gasteiger partial charge is 0.488 e. The molecule has 0 radical (unpaired) electrons. The molecule has 3 aromatic carbocycles. The molecule has 0 aliphatic heterocycles. The first-order valence-electron chi connectivity index (χ1n) is 8.10. The Kier molecular flexibility index (Phi) is 6.13. The number of para-hydroxylation sites is 1. The molecule has 2 nitrogen and oxygen atoms in total. The van der Waals surface area contributed by atoms with E-state index in [0.29, 0.717) is 26.9 Å². The summed E-state index contributed by atoms with van der Waals surface area (Å²) in [5.74, 6) is 0.271. The van der Waals surface area contributed by atoms with E-state index in [-0.39, 0.29) is 12.4 Å². The number of rotatable bonds is 5. The van der Waals surface area contributed by atoms with Gasteiger partial charge in [0.25, 0.3) is 0 Å². The highest BCUT2D eigenvalue weighted by Gasteiger charge is 2.09. The van der Waals surface area contributed by atoms with E-state index in [1.54, 1.807) is 42.5 Å². The average molecular weight is 398 g/mol. The van der Waals surface area contributed by atoms with Crippen molar-refractivity contribution >= 4 is 34.9 Å². The van der Waals surface area contributed by atoms with Gasteiger partial charge in [-0.3, -0.25) is 0 Å². The van der Waals surface area contributed by atoms with Crippen LogP contribution in [0.15, 0.2) is 66.7 Å². The number of benzene rings is 3. The first-order chi connectivity index (χ1) is 13.1. The predicted molar refractivity (Wildman–Crippen MR) is 107 cm³/mol. The minimum absolute atomic E-state index is 0.214. The molecule has 0 bridgehead atoms. The van der Waals surface area contributed by atoms with Gasteiger partial charge in [-0.25, -0.2) is 4.39 Å². The van der Waals surface area contributed by atoms with Gasteiger partial charge in [-0.15, -0.1) is 0 Å². The maximum atomic E-state index is 13.3. The van der Waals surface area contributed by atoms with E-state index >= 15 is 0 Å². The zero-order chi connectivity index (χ0) is 19.2. The van der Waals surface area contributed by atoms with Crippen molar-refractivity contribution in [3.63, 3.8) is 0 Å². The summed E-state index contributed by atoms with van der Waals surface area (Å²) in [6.45, 7) is 0.214. The number of nitrogens with zero attached hydrogens (tertiary/aromatic N) is 1. The molecule has 0 N–H and O–H groups in total. The van der Waals surface area contributed by atoms with Crippen LogP contribution in [0.4, 0.5) is 4.39 Å². The second kappa shape index (κ2) is 8.73. The predicted octanol–water partition coefficient (Wildman–Crippen LogP) is 6.78. The number of hydrogen-bond acceptors (Lipinski definition) is 2. The van der Waals surface area contributed by atoms with Crippen molar-refractivity contribution in [1.82, 2.24) is 0 Å². The molecule has 0 saturated carbocycles. The van der Waals surface area contributed by atoms with Crippen molar-refractivity contribution < 1.29 is 9.13 Å². The normalized spacial score (nSPS) is 11.1. The van der Waals surface area contributed by atoms with E-state index in [4.69, 9.17) is 27.9 Å². The zero-order valence-corrected chi connectivity index (χ0v) is 15.6. The lowest BCUT2D eigenvalue weighted by Gasteiger charge is -2.10. The third-order valence-electron chi connectivity index (χ3n) is 3.84. The van der Waals surface area contributed by atoms with Gasteiger partial charge in [-0.2, -0.15) is 5.26 Å². The Labute approximate surface area is 167 Å². The molecule has 0 spiro atoms. The minimum Gasteiger partial charge on any atom is -0.488 e. The second-order valence-corrected chi connectivity index (χ2v) is 6.59. The van der Waals surface area contributed by atoms with Gasteiger partial charge in [-0.05, 0) is 42.0 Å². The molecule has 0 aliphatic carbocycles. The molecule has 3 rings (SSSR count). The van der Waals surface area contributed by atoms with Crippen LogP contribution in [0.5, 0.6) is 5.75 Å². The van der Waals surface area contributed by atoms with Crippen LogP contribution in [0, 0.1) is 17.1 Å².